The molecule has 6 nitrogen and oxygen atoms in total. The molecule has 0 amide bonds. The molecule has 18 heavy (non-hydrogen) atoms. The highest BCUT2D eigenvalue weighted by molar-refractivity contribution is 5.71. The molecule has 0 aliphatic rings. The van der Waals surface area contributed by atoms with Crippen LogP contribution in [0.5, 0.6) is 11.5 Å². The van der Waals surface area contributed by atoms with Crippen LogP contribution in [-0.4, -0.2) is 33.4 Å². The number of carbonyl (C=O) groups is 1. The first-order valence-electron chi connectivity index (χ1n) is 5.45. The summed E-state index contributed by atoms with van der Waals surface area (Å²) < 4.78 is 10.2. The Labute approximate surface area is 105 Å². The van der Waals surface area contributed by atoms with Gasteiger partial charge in [-0.25, -0.2) is 4.79 Å². The molecular weight excluding hydrogens is 238 g/mol. The van der Waals surface area contributed by atoms with Crippen LogP contribution >= 0.6 is 0 Å². The van der Waals surface area contributed by atoms with Crippen LogP contribution in [0.15, 0.2) is 12.3 Å². The van der Waals surface area contributed by atoms with Crippen molar-refractivity contribution in [1.29, 1.82) is 0 Å². The molecule has 0 fully saturated rings. The Morgan fingerprint density at radius 2 is 2.11 bits per heavy atom. The molecule has 0 bridgehead atoms. The molecule has 2 N–H and O–H groups in total. The zero-order valence-corrected chi connectivity index (χ0v) is 10.6. The highest BCUT2D eigenvalue weighted by Gasteiger charge is 2.17. The molecular formula is C12H17NO5. The number of aliphatic hydroxyl groups excluding tert-OH is 1. The maximum Gasteiger partial charge on any atom is 0.344 e. The number of esters is 1. The zero-order valence-electron chi connectivity index (χ0n) is 10.6. The van der Waals surface area contributed by atoms with Crippen molar-refractivity contribution in [3.63, 3.8) is 0 Å². The average molecular weight is 255 g/mol. The number of aromatic nitrogens is 1. The van der Waals surface area contributed by atoms with E-state index in [1.807, 2.05) is 0 Å². The van der Waals surface area contributed by atoms with Gasteiger partial charge in [-0.15, -0.1) is 0 Å². The minimum Gasteiger partial charge on any atom is -0.503 e. The molecule has 1 aromatic heterocycles. The Balaban J connectivity index is 2.60. The van der Waals surface area contributed by atoms with Gasteiger partial charge in [0, 0.05) is 6.07 Å². The summed E-state index contributed by atoms with van der Waals surface area (Å²) in [7, 11) is 0. The van der Waals surface area contributed by atoms with Crippen LogP contribution in [0.25, 0.3) is 0 Å². The molecule has 1 heterocycles. The molecule has 6 heteroatoms. The summed E-state index contributed by atoms with van der Waals surface area (Å²) in [4.78, 5) is 15.2. The third kappa shape index (κ3) is 4.58. The Morgan fingerprint density at radius 1 is 1.44 bits per heavy atom. The number of carbonyl (C=O) groups excluding carboxylic acids is 1. The second kappa shape index (κ2) is 5.68. The molecule has 1 aromatic rings. The van der Waals surface area contributed by atoms with E-state index in [0.717, 1.165) is 6.20 Å². The van der Waals surface area contributed by atoms with Gasteiger partial charge in [0.15, 0.2) is 18.1 Å². The van der Waals surface area contributed by atoms with Gasteiger partial charge in [-0.2, -0.15) is 0 Å². The largest absolute Gasteiger partial charge is 0.503 e. The predicted octanol–water partition coefficient (Wildman–Crippen LogP) is 1.000. The maximum absolute atomic E-state index is 11.4. The number of rotatable bonds is 4. The van der Waals surface area contributed by atoms with Crippen LogP contribution < -0.4 is 4.74 Å². The Bertz CT molecular complexity index is 425. The van der Waals surface area contributed by atoms with Gasteiger partial charge in [0.05, 0.1) is 18.5 Å². The van der Waals surface area contributed by atoms with E-state index in [-0.39, 0.29) is 24.7 Å². The van der Waals surface area contributed by atoms with Crippen LogP contribution in [0.3, 0.4) is 0 Å². The highest BCUT2D eigenvalue weighted by Crippen LogP contribution is 2.25. The second-order valence-corrected chi connectivity index (χ2v) is 4.68. The third-order valence-electron chi connectivity index (χ3n) is 1.83. The number of ether oxygens (including phenoxy) is 2. The van der Waals surface area contributed by atoms with Crippen molar-refractivity contribution in [1.82, 2.24) is 4.98 Å². The molecule has 0 unspecified atom stereocenters. The van der Waals surface area contributed by atoms with E-state index >= 15 is 0 Å². The van der Waals surface area contributed by atoms with Gasteiger partial charge in [0.2, 0.25) is 0 Å². The van der Waals surface area contributed by atoms with Gasteiger partial charge in [-0.05, 0) is 20.8 Å². The topological polar surface area (TPSA) is 88.9 Å². The number of aromatic hydroxyl groups is 1. The third-order valence-corrected chi connectivity index (χ3v) is 1.83. The van der Waals surface area contributed by atoms with E-state index in [0.29, 0.717) is 5.69 Å². The normalized spacial score (nSPS) is 11.1. The molecule has 100 valence electrons. The van der Waals surface area contributed by atoms with Crippen molar-refractivity contribution >= 4 is 5.97 Å². The lowest BCUT2D eigenvalue weighted by Crippen LogP contribution is -2.27. The van der Waals surface area contributed by atoms with Crippen molar-refractivity contribution < 1.29 is 24.5 Å². The van der Waals surface area contributed by atoms with Gasteiger partial charge in [-0.1, -0.05) is 0 Å². The van der Waals surface area contributed by atoms with E-state index in [9.17, 15) is 9.90 Å². The summed E-state index contributed by atoms with van der Waals surface area (Å²) in [5.74, 6) is -0.653. The monoisotopic (exact) mass is 255 g/mol. The lowest BCUT2D eigenvalue weighted by atomic mass is 10.2. The minimum atomic E-state index is -0.586. The standard InChI is InChI=1S/C12H17NO5/c1-12(2,3)18-11(16)7-17-10-4-8(6-14)13-5-9(10)15/h4-5,14-15H,6-7H2,1-3H3. The van der Waals surface area contributed by atoms with Crippen LogP contribution in [0.2, 0.25) is 0 Å². The summed E-state index contributed by atoms with van der Waals surface area (Å²) in [6, 6.07) is 1.36. The number of hydrogen-bond donors (Lipinski definition) is 2. The quantitative estimate of drug-likeness (QED) is 0.780. The SMILES string of the molecule is CC(C)(C)OC(=O)COc1cc(CO)ncc1O. The highest BCUT2D eigenvalue weighted by atomic mass is 16.6. The molecule has 0 saturated carbocycles. The fourth-order valence-corrected chi connectivity index (χ4v) is 1.18. The van der Waals surface area contributed by atoms with Gasteiger partial charge in [0.25, 0.3) is 0 Å². The van der Waals surface area contributed by atoms with Crippen LogP contribution in [-0.2, 0) is 16.1 Å². The lowest BCUT2D eigenvalue weighted by molar-refractivity contribution is -0.157. The van der Waals surface area contributed by atoms with Crippen molar-refractivity contribution in [3.05, 3.63) is 18.0 Å². The van der Waals surface area contributed by atoms with E-state index in [4.69, 9.17) is 14.6 Å². The first-order valence-corrected chi connectivity index (χ1v) is 5.45. The van der Waals surface area contributed by atoms with Gasteiger partial charge in [0.1, 0.15) is 5.60 Å². The molecule has 0 saturated heterocycles. The zero-order chi connectivity index (χ0) is 13.8. The Hall–Kier alpha value is -1.82. The molecule has 0 spiro atoms. The summed E-state index contributed by atoms with van der Waals surface area (Å²) in [5.41, 5.74) is -0.247. The fraction of sp³-hybridized carbons (Fsp3) is 0.500. The number of aliphatic hydroxyl groups is 1. The maximum atomic E-state index is 11.4. The summed E-state index contributed by atoms with van der Waals surface area (Å²) in [5, 5.41) is 18.3. The average Bonchev–Trinajstić information content (AvgIpc) is 2.25. The van der Waals surface area contributed by atoms with E-state index in [2.05, 4.69) is 4.98 Å². The van der Waals surface area contributed by atoms with Crippen molar-refractivity contribution in [3.8, 4) is 11.5 Å². The smallest absolute Gasteiger partial charge is 0.344 e. The molecule has 0 radical (unpaired) electrons. The van der Waals surface area contributed by atoms with Crippen LogP contribution in [0, 0.1) is 0 Å². The van der Waals surface area contributed by atoms with E-state index in [1.165, 1.54) is 6.07 Å². The number of pyridine rings is 1. The molecule has 0 aromatic carbocycles. The van der Waals surface area contributed by atoms with Gasteiger partial charge < -0.3 is 19.7 Å². The van der Waals surface area contributed by atoms with Gasteiger partial charge >= 0.3 is 5.97 Å². The van der Waals surface area contributed by atoms with Crippen LogP contribution in [0.1, 0.15) is 26.5 Å². The van der Waals surface area contributed by atoms with Gasteiger partial charge in [-0.3, -0.25) is 4.98 Å². The van der Waals surface area contributed by atoms with Crippen molar-refractivity contribution in [2.75, 3.05) is 6.61 Å². The number of nitrogens with zero attached hydrogens (tertiary/aromatic N) is 1. The number of hydrogen-bond acceptors (Lipinski definition) is 6. The Morgan fingerprint density at radius 3 is 2.67 bits per heavy atom. The summed E-state index contributed by atoms with van der Waals surface area (Å²) in [6.45, 7) is 4.65. The summed E-state index contributed by atoms with van der Waals surface area (Å²) in [6.07, 6.45) is 1.15. The first kappa shape index (κ1) is 14.2. The Kier molecular flexibility index (Phi) is 4.49. The summed E-state index contributed by atoms with van der Waals surface area (Å²) >= 11 is 0. The van der Waals surface area contributed by atoms with E-state index < -0.39 is 11.6 Å². The van der Waals surface area contributed by atoms with Crippen LogP contribution in [0.4, 0.5) is 0 Å². The predicted molar refractivity (Wildman–Crippen MR) is 63.2 cm³/mol. The van der Waals surface area contributed by atoms with Crippen molar-refractivity contribution in [2.24, 2.45) is 0 Å². The molecule has 0 aliphatic heterocycles. The lowest BCUT2D eigenvalue weighted by Gasteiger charge is -2.19. The molecule has 0 atom stereocenters. The molecule has 0 aliphatic carbocycles. The second-order valence-electron chi connectivity index (χ2n) is 4.68. The van der Waals surface area contributed by atoms with E-state index in [1.54, 1.807) is 20.8 Å². The minimum absolute atomic E-state index is 0.0832. The fourth-order valence-electron chi connectivity index (χ4n) is 1.18. The molecule has 1 rings (SSSR count). The first-order chi connectivity index (χ1) is 8.31. The van der Waals surface area contributed by atoms with Crippen molar-refractivity contribution in [2.45, 2.75) is 33.0 Å².